The van der Waals surface area contributed by atoms with Gasteiger partial charge in [0, 0.05) is 12.3 Å². The first kappa shape index (κ1) is 14.0. The van der Waals surface area contributed by atoms with Gasteiger partial charge in [0.25, 0.3) is 5.56 Å². The molecule has 0 aromatic carbocycles. The van der Waals surface area contributed by atoms with E-state index in [1.807, 2.05) is 0 Å². The zero-order chi connectivity index (χ0) is 12.8. The van der Waals surface area contributed by atoms with Crippen molar-refractivity contribution in [3.8, 4) is 0 Å². The van der Waals surface area contributed by atoms with Crippen molar-refractivity contribution in [1.29, 1.82) is 0 Å². The van der Waals surface area contributed by atoms with Crippen molar-refractivity contribution in [3.05, 3.63) is 27.4 Å². The van der Waals surface area contributed by atoms with Gasteiger partial charge in [-0.05, 0) is 18.6 Å². The number of aliphatic hydroxyl groups excluding tert-OH is 2. The van der Waals surface area contributed by atoms with Crippen LogP contribution in [0.25, 0.3) is 0 Å². The molecule has 0 radical (unpaired) electrons. The van der Waals surface area contributed by atoms with Crippen molar-refractivity contribution in [1.82, 2.24) is 9.55 Å². The molecule has 0 unspecified atom stereocenters. The number of hydrogen-bond acceptors (Lipinski definition) is 5. The largest absolute Gasteiger partial charge is 0.394 e. The highest BCUT2D eigenvalue weighted by molar-refractivity contribution is 7.71. The van der Waals surface area contributed by atoms with Crippen LogP contribution in [0.2, 0.25) is 0 Å². The van der Waals surface area contributed by atoms with E-state index in [0.29, 0.717) is 6.42 Å². The molecule has 1 aromatic rings. The molecule has 17 heavy (non-hydrogen) atoms. The van der Waals surface area contributed by atoms with Gasteiger partial charge in [0.15, 0.2) is 4.77 Å². The Balaban J connectivity index is 2.66. The summed E-state index contributed by atoms with van der Waals surface area (Å²) in [6, 6.07) is 1.32. The van der Waals surface area contributed by atoms with Crippen LogP contribution in [0.5, 0.6) is 0 Å². The molecule has 1 heterocycles. The average molecular weight is 260 g/mol. The molecule has 0 aliphatic rings. The predicted molar refractivity (Wildman–Crippen MR) is 64.1 cm³/mol. The molecule has 2 atom stereocenters. The summed E-state index contributed by atoms with van der Waals surface area (Å²) in [5, 5.41) is 18.6. The Morgan fingerprint density at radius 1 is 1.65 bits per heavy atom. The first-order valence-electron chi connectivity index (χ1n) is 5.28. The number of nitrogens with one attached hydrogen (secondary N) is 1. The van der Waals surface area contributed by atoms with E-state index >= 15 is 0 Å². The Morgan fingerprint density at radius 3 is 2.88 bits per heavy atom. The van der Waals surface area contributed by atoms with E-state index in [1.54, 1.807) is 6.92 Å². The number of hydrogen-bond donors (Lipinski definition) is 3. The van der Waals surface area contributed by atoms with E-state index < -0.39 is 12.2 Å². The second-order valence-corrected chi connectivity index (χ2v) is 3.96. The maximum atomic E-state index is 10.9. The van der Waals surface area contributed by atoms with Gasteiger partial charge in [0.2, 0.25) is 0 Å². The highest BCUT2D eigenvalue weighted by atomic mass is 32.1. The molecule has 0 aliphatic carbocycles. The van der Waals surface area contributed by atoms with Crippen molar-refractivity contribution in [2.45, 2.75) is 32.3 Å². The lowest BCUT2D eigenvalue weighted by Gasteiger charge is -2.20. The van der Waals surface area contributed by atoms with Crippen LogP contribution >= 0.6 is 12.2 Å². The Morgan fingerprint density at radius 2 is 2.35 bits per heavy atom. The van der Waals surface area contributed by atoms with Crippen LogP contribution in [0.4, 0.5) is 0 Å². The molecule has 3 N–H and O–H groups in total. The standard InChI is InChI=1S/C10H16N2O4S/c1-2-7(14)8(5-13)16-6-12-4-3-9(15)11-10(12)17/h3-4,7-8,13-14H,2,5-6H2,1H3,(H,11,15,17)/t7-,8-/m1/s1. The second-order valence-electron chi connectivity index (χ2n) is 3.57. The minimum Gasteiger partial charge on any atom is -0.394 e. The molecule has 0 fully saturated rings. The number of aromatic amines is 1. The number of aliphatic hydroxyl groups is 2. The van der Waals surface area contributed by atoms with Gasteiger partial charge in [0.05, 0.1) is 12.7 Å². The van der Waals surface area contributed by atoms with Crippen LogP contribution in [0.15, 0.2) is 17.1 Å². The minimum atomic E-state index is -0.725. The van der Waals surface area contributed by atoms with Crippen LogP contribution in [-0.4, -0.2) is 38.6 Å². The number of rotatable bonds is 6. The maximum Gasteiger partial charge on any atom is 0.251 e. The lowest BCUT2D eigenvalue weighted by Crippen LogP contribution is -2.32. The summed E-state index contributed by atoms with van der Waals surface area (Å²) in [6.07, 6.45) is 0.599. The second kappa shape index (κ2) is 6.65. The topological polar surface area (TPSA) is 87.5 Å². The third-order valence-corrected chi connectivity index (χ3v) is 2.69. The van der Waals surface area contributed by atoms with Crippen LogP contribution in [0.3, 0.4) is 0 Å². The van der Waals surface area contributed by atoms with Crippen LogP contribution in [0, 0.1) is 4.77 Å². The van der Waals surface area contributed by atoms with Crippen molar-refractivity contribution in [3.63, 3.8) is 0 Å². The van der Waals surface area contributed by atoms with Gasteiger partial charge in [-0.2, -0.15) is 0 Å². The Bertz CT molecular complexity index is 456. The summed E-state index contributed by atoms with van der Waals surface area (Å²) in [5.41, 5.74) is -0.279. The van der Waals surface area contributed by atoms with Crippen molar-refractivity contribution in [2.24, 2.45) is 0 Å². The summed E-state index contributed by atoms with van der Waals surface area (Å²) in [6.45, 7) is 1.59. The van der Waals surface area contributed by atoms with Crippen molar-refractivity contribution >= 4 is 12.2 Å². The van der Waals surface area contributed by atoms with Gasteiger partial charge < -0.3 is 19.5 Å². The third-order valence-electron chi connectivity index (χ3n) is 2.35. The summed E-state index contributed by atoms with van der Waals surface area (Å²) in [7, 11) is 0. The van der Waals surface area contributed by atoms with E-state index in [-0.39, 0.29) is 23.7 Å². The van der Waals surface area contributed by atoms with Gasteiger partial charge >= 0.3 is 0 Å². The van der Waals surface area contributed by atoms with E-state index in [2.05, 4.69) is 4.98 Å². The number of H-pyrrole nitrogens is 1. The molecule has 6 nitrogen and oxygen atoms in total. The molecule has 1 aromatic heterocycles. The van der Waals surface area contributed by atoms with E-state index in [1.165, 1.54) is 16.8 Å². The molecule has 7 heteroatoms. The zero-order valence-electron chi connectivity index (χ0n) is 9.50. The maximum absolute atomic E-state index is 10.9. The number of ether oxygens (including phenoxy) is 1. The fraction of sp³-hybridized carbons (Fsp3) is 0.600. The Kier molecular flexibility index (Phi) is 5.49. The first-order valence-corrected chi connectivity index (χ1v) is 5.69. The van der Waals surface area contributed by atoms with E-state index in [4.69, 9.17) is 22.1 Å². The smallest absolute Gasteiger partial charge is 0.251 e. The SMILES string of the molecule is CC[C@@H](O)[C@@H](CO)OCn1ccc(=O)[nH]c1=S. The molecule has 96 valence electrons. The van der Waals surface area contributed by atoms with E-state index in [0.717, 1.165) is 0 Å². The minimum absolute atomic E-state index is 0.0674. The molecular weight excluding hydrogens is 244 g/mol. The molecule has 1 rings (SSSR count). The molecule has 0 saturated heterocycles. The summed E-state index contributed by atoms with van der Waals surface area (Å²) >= 11 is 4.92. The lowest BCUT2D eigenvalue weighted by atomic mass is 10.2. The molecule has 0 spiro atoms. The van der Waals surface area contributed by atoms with Crippen LogP contribution in [0.1, 0.15) is 13.3 Å². The number of nitrogens with zero attached hydrogens (tertiary/aromatic N) is 1. The Hall–Kier alpha value is -1.02. The van der Waals surface area contributed by atoms with Gasteiger partial charge in [-0.25, -0.2) is 0 Å². The Labute approximate surface area is 103 Å². The molecule has 0 bridgehead atoms. The van der Waals surface area contributed by atoms with Crippen LogP contribution in [-0.2, 0) is 11.5 Å². The first-order chi connectivity index (χ1) is 8.08. The van der Waals surface area contributed by atoms with Gasteiger partial charge in [-0.3, -0.25) is 9.78 Å². The highest BCUT2D eigenvalue weighted by Crippen LogP contribution is 2.04. The quantitative estimate of drug-likeness (QED) is 0.627. The van der Waals surface area contributed by atoms with Gasteiger partial charge in [-0.15, -0.1) is 0 Å². The fourth-order valence-electron chi connectivity index (χ4n) is 1.27. The molecule has 0 amide bonds. The fourth-order valence-corrected chi connectivity index (χ4v) is 1.48. The van der Waals surface area contributed by atoms with Gasteiger partial charge in [-0.1, -0.05) is 6.92 Å². The van der Waals surface area contributed by atoms with Crippen LogP contribution < -0.4 is 5.56 Å². The molecule has 0 saturated carbocycles. The molecular formula is C10H16N2O4S. The average Bonchev–Trinajstić information content (AvgIpc) is 2.31. The zero-order valence-corrected chi connectivity index (χ0v) is 10.3. The summed E-state index contributed by atoms with van der Waals surface area (Å²) < 4.78 is 7.06. The van der Waals surface area contributed by atoms with Crippen molar-refractivity contribution in [2.75, 3.05) is 6.61 Å². The normalized spacial score (nSPS) is 14.5. The number of aromatic nitrogens is 2. The van der Waals surface area contributed by atoms with E-state index in [9.17, 15) is 9.90 Å². The lowest BCUT2D eigenvalue weighted by molar-refractivity contribution is -0.0886. The van der Waals surface area contributed by atoms with Gasteiger partial charge in [0.1, 0.15) is 12.8 Å². The highest BCUT2D eigenvalue weighted by Gasteiger charge is 2.17. The molecule has 0 aliphatic heterocycles. The monoisotopic (exact) mass is 260 g/mol. The van der Waals surface area contributed by atoms with Crippen molar-refractivity contribution < 1.29 is 14.9 Å². The summed E-state index contributed by atoms with van der Waals surface area (Å²) in [5.74, 6) is 0. The predicted octanol–water partition coefficient (Wildman–Crippen LogP) is 0.0118. The third kappa shape index (κ3) is 4.04. The summed E-state index contributed by atoms with van der Waals surface area (Å²) in [4.78, 5) is 13.4.